The van der Waals surface area contributed by atoms with Gasteiger partial charge in [-0.2, -0.15) is 5.10 Å². The van der Waals surface area contributed by atoms with Crippen molar-refractivity contribution in [2.24, 2.45) is 5.10 Å². The van der Waals surface area contributed by atoms with Crippen molar-refractivity contribution in [2.75, 3.05) is 20.3 Å². The molecular weight excluding hydrogens is 584 g/mol. The molecule has 0 spiro atoms. The van der Waals surface area contributed by atoms with Gasteiger partial charge in [-0.15, -0.1) is 0 Å². The number of nitrogens with zero attached hydrogens (tertiary/aromatic N) is 1. The molecule has 0 fully saturated rings. The van der Waals surface area contributed by atoms with Crippen molar-refractivity contribution in [1.82, 2.24) is 16.1 Å². The van der Waals surface area contributed by atoms with E-state index in [1.165, 1.54) is 25.5 Å². The number of hydrogen-bond donors (Lipinski definition) is 4. The fourth-order valence-electron chi connectivity index (χ4n) is 4.17. The van der Waals surface area contributed by atoms with Crippen molar-refractivity contribution in [1.29, 1.82) is 0 Å². The smallest absolute Gasteiger partial charge is 0.338 e. The number of allylic oxidation sites excluding steroid dienone is 1. The lowest BCUT2D eigenvalue weighted by molar-refractivity contribution is -0.139. The van der Waals surface area contributed by atoms with Gasteiger partial charge in [0.15, 0.2) is 18.1 Å². The number of urea groups is 1. The Bertz CT molecular complexity index is 1630. The lowest BCUT2D eigenvalue weighted by Gasteiger charge is -2.28. The van der Waals surface area contributed by atoms with Crippen LogP contribution in [-0.4, -0.2) is 55.5 Å². The number of nitrogens with one attached hydrogen (secondary N) is 3. The van der Waals surface area contributed by atoms with Crippen LogP contribution in [0.25, 0.3) is 11.3 Å². The monoisotopic (exact) mass is 610 g/mol. The van der Waals surface area contributed by atoms with Crippen LogP contribution < -0.4 is 25.5 Å². The Morgan fingerprint density at radius 1 is 1.14 bits per heavy atom. The van der Waals surface area contributed by atoms with Crippen LogP contribution in [0.5, 0.6) is 11.5 Å². The number of methoxy groups -OCH3 is 1. The van der Waals surface area contributed by atoms with Crippen molar-refractivity contribution in [3.8, 4) is 22.8 Å². The maximum atomic E-state index is 12.6. The Balaban J connectivity index is 1.37. The van der Waals surface area contributed by atoms with E-state index in [0.717, 1.165) is 0 Å². The average Bonchev–Trinajstić information content (AvgIpc) is 3.44. The molecule has 3 amide bonds. The number of amides is 3. The maximum Gasteiger partial charge on any atom is 0.338 e. The number of hydrazone groups is 1. The maximum absolute atomic E-state index is 12.6. The number of benzene rings is 2. The number of carbonyl (C=O) groups is 4. The van der Waals surface area contributed by atoms with E-state index in [4.69, 9.17) is 35.3 Å². The number of carboxylic acid groups (broad SMARTS) is 1. The Morgan fingerprint density at radius 2 is 1.93 bits per heavy atom. The number of rotatable bonds is 11. The summed E-state index contributed by atoms with van der Waals surface area (Å²) in [4.78, 5) is 48.2. The highest BCUT2D eigenvalue weighted by Crippen LogP contribution is 2.34. The fourth-order valence-corrected chi connectivity index (χ4v) is 4.43. The van der Waals surface area contributed by atoms with Crippen molar-refractivity contribution < 1.29 is 42.9 Å². The first-order chi connectivity index (χ1) is 20.6. The normalized spacial score (nSPS) is 14.6. The third-order valence-electron chi connectivity index (χ3n) is 6.14. The average molecular weight is 611 g/mol. The molecule has 2 aromatic carbocycles. The van der Waals surface area contributed by atoms with Gasteiger partial charge in [0, 0.05) is 11.3 Å². The van der Waals surface area contributed by atoms with E-state index in [0.29, 0.717) is 28.3 Å². The SMILES string of the molecule is CCOC(=O)C1=C(C)NC(=O)N[C@H]1c1ccc(OCC(=O)N/N=C\c2ccc(-c3ccc(C(=O)O)c(Cl)c3)o2)c(OC)c1. The number of hydrogen-bond acceptors (Lipinski definition) is 9. The van der Waals surface area contributed by atoms with Gasteiger partial charge in [0.1, 0.15) is 11.5 Å². The van der Waals surface area contributed by atoms with E-state index >= 15 is 0 Å². The molecule has 3 aromatic rings. The molecule has 2 heterocycles. The first-order valence-corrected chi connectivity index (χ1v) is 13.2. The van der Waals surface area contributed by atoms with Gasteiger partial charge in [-0.3, -0.25) is 4.79 Å². The van der Waals surface area contributed by atoms with Gasteiger partial charge < -0.3 is 34.4 Å². The number of ether oxygens (including phenoxy) is 3. The lowest BCUT2D eigenvalue weighted by Crippen LogP contribution is -2.45. The molecule has 14 heteroatoms. The minimum Gasteiger partial charge on any atom is -0.493 e. The lowest BCUT2D eigenvalue weighted by atomic mass is 9.95. The van der Waals surface area contributed by atoms with E-state index < -0.39 is 36.5 Å². The van der Waals surface area contributed by atoms with Crippen LogP contribution in [0.4, 0.5) is 4.79 Å². The van der Waals surface area contributed by atoms with Crippen LogP contribution >= 0.6 is 11.6 Å². The summed E-state index contributed by atoms with van der Waals surface area (Å²) in [5.74, 6) is -1.02. The molecule has 0 aliphatic carbocycles. The Morgan fingerprint density at radius 3 is 2.63 bits per heavy atom. The third-order valence-corrected chi connectivity index (χ3v) is 6.45. The van der Waals surface area contributed by atoms with E-state index in [-0.39, 0.29) is 34.3 Å². The summed E-state index contributed by atoms with van der Waals surface area (Å²) in [6, 6.07) is 11.2. The van der Waals surface area contributed by atoms with Crippen molar-refractivity contribution >= 4 is 41.7 Å². The molecule has 1 aromatic heterocycles. The standard InChI is InChI=1S/C29H27ClN4O9/c1-4-41-28(38)25-15(2)32-29(39)33-26(25)17-6-9-22(23(12-17)40-3)42-14-24(35)34-31-13-18-7-10-21(43-18)16-5-8-19(27(36)37)20(30)11-16/h5-13,26H,4,14H2,1-3H3,(H,34,35)(H,36,37)(H2,32,33,39)/b31-13-/t26-/m0/s1. The predicted molar refractivity (Wildman–Crippen MR) is 154 cm³/mol. The molecule has 1 aliphatic rings. The summed E-state index contributed by atoms with van der Waals surface area (Å²) in [7, 11) is 1.41. The molecule has 1 aliphatic heterocycles. The molecule has 0 saturated carbocycles. The summed E-state index contributed by atoms with van der Waals surface area (Å²) in [5.41, 5.74) is 4.02. The van der Waals surface area contributed by atoms with Crippen molar-refractivity contribution in [3.05, 3.63) is 81.7 Å². The van der Waals surface area contributed by atoms with Crippen LogP contribution in [0.1, 0.15) is 41.6 Å². The molecule has 1 atom stereocenters. The summed E-state index contributed by atoms with van der Waals surface area (Å²) in [6.07, 6.45) is 1.29. The second-order valence-corrected chi connectivity index (χ2v) is 9.39. The molecule has 0 unspecified atom stereocenters. The van der Waals surface area contributed by atoms with Crippen LogP contribution in [0.3, 0.4) is 0 Å². The van der Waals surface area contributed by atoms with E-state index in [1.54, 1.807) is 50.2 Å². The summed E-state index contributed by atoms with van der Waals surface area (Å²) >= 11 is 6.02. The van der Waals surface area contributed by atoms with E-state index in [1.807, 2.05) is 0 Å². The molecule has 4 rings (SSSR count). The fraction of sp³-hybridized carbons (Fsp3) is 0.207. The minimum atomic E-state index is -1.14. The minimum absolute atomic E-state index is 0.0251. The predicted octanol–water partition coefficient (Wildman–Crippen LogP) is 4.03. The second-order valence-electron chi connectivity index (χ2n) is 8.98. The van der Waals surface area contributed by atoms with Crippen molar-refractivity contribution in [2.45, 2.75) is 19.9 Å². The molecule has 13 nitrogen and oxygen atoms in total. The highest BCUT2D eigenvalue weighted by Gasteiger charge is 2.32. The summed E-state index contributed by atoms with van der Waals surface area (Å²) in [6.45, 7) is 3.06. The molecular formula is C29H27ClN4O9. The number of aromatic carboxylic acids is 1. The second kappa shape index (κ2) is 13.6. The zero-order valence-corrected chi connectivity index (χ0v) is 24.0. The van der Waals surface area contributed by atoms with E-state index in [9.17, 15) is 19.2 Å². The molecule has 0 saturated heterocycles. The van der Waals surface area contributed by atoms with Gasteiger partial charge in [0.05, 0.1) is 42.1 Å². The zero-order chi connectivity index (χ0) is 31.1. The van der Waals surface area contributed by atoms with Gasteiger partial charge in [0.25, 0.3) is 5.91 Å². The largest absolute Gasteiger partial charge is 0.493 e. The van der Waals surface area contributed by atoms with E-state index in [2.05, 4.69) is 21.2 Å². The van der Waals surface area contributed by atoms with Crippen LogP contribution in [0.15, 0.2) is 69.3 Å². The number of carboxylic acids is 1. The first kappa shape index (κ1) is 30.7. The van der Waals surface area contributed by atoms with Crippen LogP contribution in [0, 0.1) is 0 Å². The van der Waals surface area contributed by atoms with Crippen LogP contribution in [0.2, 0.25) is 5.02 Å². The highest BCUT2D eigenvalue weighted by atomic mass is 35.5. The third kappa shape index (κ3) is 7.32. The van der Waals surface area contributed by atoms with Gasteiger partial charge in [0.2, 0.25) is 0 Å². The van der Waals surface area contributed by atoms with Crippen molar-refractivity contribution in [3.63, 3.8) is 0 Å². The van der Waals surface area contributed by atoms with Crippen LogP contribution in [-0.2, 0) is 14.3 Å². The number of furan rings is 1. The van der Waals surface area contributed by atoms with Gasteiger partial charge in [-0.25, -0.2) is 19.8 Å². The Hall–Kier alpha value is -5.30. The quantitative estimate of drug-likeness (QED) is 0.142. The van der Waals surface area contributed by atoms with Gasteiger partial charge in [-0.05, 0) is 55.8 Å². The zero-order valence-electron chi connectivity index (χ0n) is 23.2. The molecule has 224 valence electrons. The number of esters is 1. The Kier molecular flexibility index (Phi) is 9.68. The summed E-state index contributed by atoms with van der Waals surface area (Å²) < 4.78 is 21.8. The number of carbonyl (C=O) groups excluding carboxylic acids is 3. The molecule has 0 bridgehead atoms. The topological polar surface area (TPSA) is 178 Å². The van der Waals surface area contributed by atoms with Gasteiger partial charge >= 0.3 is 18.0 Å². The Labute approximate surface area is 250 Å². The van der Waals surface area contributed by atoms with Gasteiger partial charge in [-0.1, -0.05) is 23.7 Å². The highest BCUT2D eigenvalue weighted by molar-refractivity contribution is 6.33. The molecule has 43 heavy (non-hydrogen) atoms. The number of halogens is 1. The first-order valence-electron chi connectivity index (χ1n) is 12.8. The molecule has 4 N–H and O–H groups in total. The molecule has 0 radical (unpaired) electrons. The summed E-state index contributed by atoms with van der Waals surface area (Å²) in [5, 5.41) is 18.3.